The smallest absolute Gasteiger partial charge is 0.246 e. The Morgan fingerprint density at radius 3 is 2.26 bits per heavy atom. The third kappa shape index (κ3) is 4.31. The number of nitrogens with zero attached hydrogens (tertiary/aromatic N) is 2. The Morgan fingerprint density at radius 1 is 1.00 bits per heavy atom. The van der Waals surface area contributed by atoms with Crippen LogP contribution in [0, 0.1) is 0 Å². The predicted octanol–water partition coefficient (Wildman–Crippen LogP) is 2.29. The lowest BCUT2D eigenvalue weighted by atomic mass is 10.2. The van der Waals surface area contributed by atoms with E-state index in [-0.39, 0.29) is 24.9 Å². The van der Waals surface area contributed by atoms with Gasteiger partial charge in [-0.15, -0.1) is 0 Å². The van der Waals surface area contributed by atoms with Crippen LogP contribution in [-0.4, -0.2) is 32.0 Å². The number of amides is 2. The molecule has 2 aromatic carbocycles. The molecule has 6 heteroatoms. The number of carbonyl (C=O) groups excluding carboxylic acids is 2. The number of nitrogens with two attached hydrogens (primary N) is 1. The van der Waals surface area contributed by atoms with E-state index in [9.17, 15) is 9.59 Å². The molecule has 23 heavy (non-hydrogen) atoms. The molecule has 0 atom stereocenters. The van der Waals surface area contributed by atoms with Crippen molar-refractivity contribution >= 4 is 34.8 Å². The molecule has 0 fully saturated rings. The first-order chi connectivity index (χ1) is 11.0. The molecule has 0 saturated heterocycles. The van der Waals surface area contributed by atoms with Gasteiger partial charge in [0.25, 0.3) is 0 Å². The minimum absolute atomic E-state index is 0.0942. The van der Waals surface area contributed by atoms with Crippen molar-refractivity contribution in [1.82, 2.24) is 0 Å². The van der Waals surface area contributed by atoms with Crippen LogP contribution in [0.3, 0.4) is 0 Å². The summed E-state index contributed by atoms with van der Waals surface area (Å²) in [6.07, 6.45) is 0. The van der Waals surface area contributed by atoms with Crippen molar-refractivity contribution in [3.8, 4) is 0 Å². The Balaban J connectivity index is 2.19. The van der Waals surface area contributed by atoms with Gasteiger partial charge >= 0.3 is 0 Å². The van der Waals surface area contributed by atoms with E-state index < -0.39 is 0 Å². The van der Waals surface area contributed by atoms with Gasteiger partial charge in [-0.2, -0.15) is 0 Å². The summed E-state index contributed by atoms with van der Waals surface area (Å²) in [5.74, 6) is -0.554. The van der Waals surface area contributed by atoms with Gasteiger partial charge in [-0.1, -0.05) is 35.9 Å². The van der Waals surface area contributed by atoms with Gasteiger partial charge in [0.15, 0.2) is 0 Å². The van der Waals surface area contributed by atoms with Gasteiger partial charge in [0.2, 0.25) is 11.8 Å². The van der Waals surface area contributed by atoms with Crippen LogP contribution in [0.1, 0.15) is 0 Å². The molecular weight excluding hydrogens is 314 g/mol. The fraction of sp³-hybridized carbons (Fsp3) is 0.176. The summed E-state index contributed by atoms with van der Waals surface area (Å²) >= 11 is 5.95. The van der Waals surface area contributed by atoms with Crippen molar-refractivity contribution in [2.45, 2.75) is 0 Å². The van der Waals surface area contributed by atoms with Crippen molar-refractivity contribution in [1.29, 1.82) is 0 Å². The van der Waals surface area contributed by atoms with Crippen molar-refractivity contribution < 1.29 is 9.59 Å². The average Bonchev–Trinajstić information content (AvgIpc) is 2.58. The molecule has 0 saturated carbocycles. The molecule has 2 rings (SSSR count). The highest BCUT2D eigenvalue weighted by molar-refractivity contribution is 6.30. The molecule has 120 valence electrons. The zero-order chi connectivity index (χ0) is 16.8. The van der Waals surface area contributed by atoms with E-state index in [1.807, 2.05) is 6.07 Å². The SMILES string of the molecule is CN(C(=O)CN(C(=O)CN)c1ccccc1)c1cccc(Cl)c1. The zero-order valence-corrected chi connectivity index (χ0v) is 13.5. The second kappa shape index (κ2) is 7.76. The lowest BCUT2D eigenvalue weighted by molar-refractivity contribution is -0.121. The molecule has 2 N–H and O–H groups in total. The quantitative estimate of drug-likeness (QED) is 0.914. The molecule has 0 aliphatic rings. The maximum absolute atomic E-state index is 12.5. The van der Waals surface area contributed by atoms with E-state index in [1.54, 1.807) is 55.6 Å². The van der Waals surface area contributed by atoms with Crippen molar-refractivity contribution in [2.24, 2.45) is 5.73 Å². The van der Waals surface area contributed by atoms with E-state index in [0.717, 1.165) is 0 Å². The van der Waals surface area contributed by atoms with Gasteiger partial charge in [0, 0.05) is 23.4 Å². The van der Waals surface area contributed by atoms with E-state index in [0.29, 0.717) is 16.4 Å². The van der Waals surface area contributed by atoms with Crippen LogP contribution in [-0.2, 0) is 9.59 Å². The van der Waals surface area contributed by atoms with Crippen LogP contribution in [0.5, 0.6) is 0 Å². The predicted molar refractivity (Wildman–Crippen MR) is 92.7 cm³/mol. The van der Waals surface area contributed by atoms with E-state index in [2.05, 4.69) is 0 Å². The Morgan fingerprint density at radius 2 is 1.65 bits per heavy atom. The first-order valence-electron chi connectivity index (χ1n) is 7.10. The Kier molecular flexibility index (Phi) is 5.73. The summed E-state index contributed by atoms with van der Waals surface area (Å²) in [5, 5.41) is 0.542. The number of carbonyl (C=O) groups is 2. The summed E-state index contributed by atoms with van der Waals surface area (Å²) in [6, 6.07) is 15.9. The molecule has 0 bridgehead atoms. The summed E-state index contributed by atoms with van der Waals surface area (Å²) in [4.78, 5) is 27.4. The van der Waals surface area contributed by atoms with Gasteiger partial charge < -0.3 is 15.5 Å². The van der Waals surface area contributed by atoms with Crippen molar-refractivity contribution in [3.63, 3.8) is 0 Å². The van der Waals surface area contributed by atoms with Crippen molar-refractivity contribution in [2.75, 3.05) is 29.9 Å². The Hall–Kier alpha value is -2.37. The second-order valence-corrected chi connectivity index (χ2v) is 5.39. The summed E-state index contributed by atoms with van der Waals surface area (Å²) in [5.41, 5.74) is 6.76. The topological polar surface area (TPSA) is 66.6 Å². The van der Waals surface area contributed by atoms with Gasteiger partial charge in [0.05, 0.1) is 6.54 Å². The van der Waals surface area contributed by atoms with Crippen LogP contribution in [0.25, 0.3) is 0 Å². The van der Waals surface area contributed by atoms with E-state index in [4.69, 9.17) is 17.3 Å². The molecular formula is C17H18ClN3O2. The minimum Gasteiger partial charge on any atom is -0.322 e. The van der Waals surface area contributed by atoms with Gasteiger partial charge in [-0.05, 0) is 30.3 Å². The molecule has 0 radical (unpaired) electrons. The molecule has 0 unspecified atom stereocenters. The largest absolute Gasteiger partial charge is 0.322 e. The standard InChI is InChI=1S/C17H18ClN3O2/c1-20(15-9-5-6-13(18)10-15)17(23)12-21(16(22)11-19)14-7-3-2-4-8-14/h2-10H,11-12,19H2,1H3. The van der Waals surface area contributed by atoms with Crippen LogP contribution in [0.4, 0.5) is 11.4 Å². The summed E-state index contributed by atoms with van der Waals surface area (Å²) in [7, 11) is 1.64. The number of hydrogen-bond donors (Lipinski definition) is 1. The highest BCUT2D eigenvalue weighted by Gasteiger charge is 2.20. The maximum atomic E-state index is 12.5. The van der Waals surface area contributed by atoms with Crippen LogP contribution in [0.15, 0.2) is 54.6 Å². The number of rotatable bonds is 5. The number of hydrogen-bond acceptors (Lipinski definition) is 3. The van der Waals surface area contributed by atoms with Gasteiger partial charge in [-0.25, -0.2) is 0 Å². The number of para-hydroxylation sites is 1. The third-order valence-electron chi connectivity index (χ3n) is 3.41. The Labute approximate surface area is 140 Å². The van der Waals surface area contributed by atoms with Crippen molar-refractivity contribution in [3.05, 3.63) is 59.6 Å². The molecule has 0 aliphatic heterocycles. The van der Waals surface area contributed by atoms with E-state index in [1.165, 1.54) is 9.80 Å². The number of benzene rings is 2. The normalized spacial score (nSPS) is 10.2. The molecule has 5 nitrogen and oxygen atoms in total. The average molecular weight is 332 g/mol. The molecule has 0 aliphatic carbocycles. The van der Waals surface area contributed by atoms with Gasteiger partial charge in [0.1, 0.15) is 6.54 Å². The maximum Gasteiger partial charge on any atom is 0.246 e. The molecule has 2 aromatic rings. The van der Waals surface area contributed by atoms with E-state index >= 15 is 0 Å². The highest BCUT2D eigenvalue weighted by Crippen LogP contribution is 2.19. The number of halogens is 1. The molecule has 0 aromatic heterocycles. The Bertz CT molecular complexity index is 691. The van der Waals surface area contributed by atoms with Crippen LogP contribution >= 0.6 is 11.6 Å². The second-order valence-electron chi connectivity index (χ2n) is 4.95. The highest BCUT2D eigenvalue weighted by atomic mass is 35.5. The number of likely N-dealkylation sites (N-methyl/N-ethyl adjacent to an activating group) is 1. The fourth-order valence-corrected chi connectivity index (χ4v) is 2.30. The lowest BCUT2D eigenvalue weighted by Crippen LogP contribution is -2.44. The zero-order valence-electron chi connectivity index (χ0n) is 12.8. The minimum atomic E-state index is -0.316. The van der Waals surface area contributed by atoms with Crippen LogP contribution < -0.4 is 15.5 Å². The summed E-state index contributed by atoms with van der Waals surface area (Å²) < 4.78 is 0. The lowest BCUT2D eigenvalue weighted by Gasteiger charge is -2.25. The first-order valence-corrected chi connectivity index (χ1v) is 7.48. The molecule has 0 spiro atoms. The monoisotopic (exact) mass is 331 g/mol. The van der Waals surface area contributed by atoms with Crippen LogP contribution in [0.2, 0.25) is 5.02 Å². The number of anilines is 2. The summed E-state index contributed by atoms with van der Waals surface area (Å²) in [6.45, 7) is -0.258. The molecule has 0 heterocycles. The molecule has 2 amide bonds. The third-order valence-corrected chi connectivity index (χ3v) is 3.64. The fourth-order valence-electron chi connectivity index (χ4n) is 2.11. The first kappa shape index (κ1) is 17.0. The van der Waals surface area contributed by atoms with Gasteiger partial charge in [-0.3, -0.25) is 9.59 Å².